The van der Waals surface area contributed by atoms with Crippen LogP contribution in [0.3, 0.4) is 0 Å². The molecule has 6 heteroatoms. The van der Waals surface area contributed by atoms with Crippen molar-refractivity contribution < 1.29 is 14.3 Å². The second-order valence-electron chi connectivity index (χ2n) is 7.79. The van der Waals surface area contributed by atoms with E-state index in [2.05, 4.69) is 33.7 Å². The van der Waals surface area contributed by atoms with Gasteiger partial charge in [-0.25, -0.2) is 0 Å². The lowest BCUT2D eigenvalue weighted by molar-refractivity contribution is -0.139. The maximum Gasteiger partial charge on any atom is 0.309 e. The summed E-state index contributed by atoms with van der Waals surface area (Å²) in [7, 11) is 0. The van der Waals surface area contributed by atoms with E-state index in [-0.39, 0.29) is 6.10 Å². The molecule has 0 bridgehead atoms. The monoisotopic (exact) mass is 399 g/mol. The summed E-state index contributed by atoms with van der Waals surface area (Å²) < 4.78 is 5.88. The van der Waals surface area contributed by atoms with E-state index in [4.69, 9.17) is 4.74 Å². The molecule has 2 aliphatic rings. The first-order valence-electron chi connectivity index (χ1n) is 10.9. The fourth-order valence-electron chi connectivity index (χ4n) is 3.91. The maximum absolute atomic E-state index is 11.9. The third kappa shape index (κ3) is 7.29. The van der Waals surface area contributed by atoms with Gasteiger partial charge in [0.05, 0.1) is 12.7 Å². The second-order valence-corrected chi connectivity index (χ2v) is 7.79. The van der Waals surface area contributed by atoms with Crippen LogP contribution in [0.25, 0.3) is 0 Å². The number of rotatable bonds is 8. The first-order chi connectivity index (χ1) is 14.2. The molecule has 1 atom stereocenters. The van der Waals surface area contributed by atoms with Crippen LogP contribution in [0.4, 0.5) is 0 Å². The van der Waals surface area contributed by atoms with Crippen LogP contribution in [0.5, 0.6) is 0 Å². The second kappa shape index (κ2) is 11.7. The molecule has 1 aliphatic heterocycles. The number of ether oxygens (including phenoxy) is 1. The largest absolute Gasteiger partial charge is 0.371 e. The van der Waals surface area contributed by atoms with Crippen molar-refractivity contribution in [3.8, 4) is 0 Å². The molecule has 6 nitrogen and oxygen atoms in total. The van der Waals surface area contributed by atoms with Gasteiger partial charge in [-0.15, -0.1) is 0 Å². The number of carbonyl (C=O) groups is 2. The fraction of sp³-hybridized carbons (Fsp3) is 0.565. The molecule has 1 fully saturated rings. The van der Waals surface area contributed by atoms with Gasteiger partial charge in [-0.2, -0.15) is 0 Å². The maximum atomic E-state index is 11.9. The molecule has 29 heavy (non-hydrogen) atoms. The number of nitrogens with zero attached hydrogens (tertiary/aromatic N) is 1. The van der Waals surface area contributed by atoms with Crippen molar-refractivity contribution in [1.29, 1.82) is 0 Å². The number of carbonyl (C=O) groups excluding carboxylic acids is 2. The first-order valence-corrected chi connectivity index (χ1v) is 10.9. The SMILES string of the molecule is O=C(NCCCN1CCOC(c2ccccc2)C1)C(=O)NCCC1=CCCCC1. The Kier molecular flexibility index (Phi) is 8.71. The molecule has 2 N–H and O–H groups in total. The van der Waals surface area contributed by atoms with Gasteiger partial charge in [-0.1, -0.05) is 42.0 Å². The molecule has 3 rings (SSSR count). The van der Waals surface area contributed by atoms with Crippen LogP contribution in [-0.4, -0.2) is 56.0 Å². The lowest BCUT2D eigenvalue weighted by atomic mass is 9.97. The Morgan fingerprint density at radius 1 is 1.07 bits per heavy atom. The molecule has 1 aromatic carbocycles. The van der Waals surface area contributed by atoms with Crippen LogP contribution in [-0.2, 0) is 14.3 Å². The first kappa shape index (κ1) is 21.5. The number of hydrogen-bond acceptors (Lipinski definition) is 4. The minimum Gasteiger partial charge on any atom is -0.371 e. The van der Waals surface area contributed by atoms with Crippen LogP contribution in [0.15, 0.2) is 42.0 Å². The Hall–Kier alpha value is -2.18. The van der Waals surface area contributed by atoms with E-state index in [1.807, 2.05) is 18.2 Å². The third-order valence-corrected chi connectivity index (χ3v) is 5.58. The molecule has 158 valence electrons. The molecule has 0 spiro atoms. The van der Waals surface area contributed by atoms with E-state index in [0.717, 1.165) is 45.3 Å². The van der Waals surface area contributed by atoms with Gasteiger partial charge in [-0.3, -0.25) is 14.5 Å². The molecule has 1 aliphatic carbocycles. The zero-order valence-corrected chi connectivity index (χ0v) is 17.2. The summed E-state index contributed by atoms with van der Waals surface area (Å²) >= 11 is 0. The minimum atomic E-state index is -0.535. The summed E-state index contributed by atoms with van der Waals surface area (Å²) in [5, 5.41) is 5.46. The van der Waals surface area contributed by atoms with E-state index < -0.39 is 11.8 Å². The lowest BCUT2D eigenvalue weighted by Crippen LogP contribution is -2.42. The van der Waals surface area contributed by atoms with Crippen molar-refractivity contribution in [2.24, 2.45) is 0 Å². The standard InChI is InChI=1S/C23H33N3O3/c27-22(23(28)25-14-12-19-8-3-1-4-9-19)24-13-7-15-26-16-17-29-21(18-26)20-10-5-2-6-11-20/h2,5-6,8,10-11,21H,1,3-4,7,9,12-18H2,(H,24,27)(H,25,28). The molecular weight excluding hydrogens is 366 g/mol. The van der Waals surface area contributed by atoms with E-state index in [9.17, 15) is 9.59 Å². The van der Waals surface area contributed by atoms with E-state index in [0.29, 0.717) is 19.7 Å². The summed E-state index contributed by atoms with van der Waals surface area (Å²) in [5.74, 6) is -1.07. The predicted octanol–water partition coefficient (Wildman–Crippen LogP) is 2.57. The molecule has 1 aromatic rings. The van der Waals surface area contributed by atoms with Crippen molar-refractivity contribution in [2.45, 2.75) is 44.6 Å². The normalized spacial score (nSPS) is 20.0. The average Bonchev–Trinajstić information content (AvgIpc) is 2.78. The molecule has 1 heterocycles. The molecule has 0 saturated carbocycles. The van der Waals surface area contributed by atoms with Gasteiger partial charge in [0.15, 0.2) is 0 Å². The van der Waals surface area contributed by atoms with Gasteiger partial charge in [0, 0.05) is 32.7 Å². The summed E-state index contributed by atoms with van der Waals surface area (Å²) in [6.45, 7) is 4.38. The molecule has 0 radical (unpaired) electrons. The van der Waals surface area contributed by atoms with Gasteiger partial charge in [0.25, 0.3) is 0 Å². The summed E-state index contributed by atoms with van der Waals surface area (Å²) in [6, 6.07) is 10.3. The zero-order valence-electron chi connectivity index (χ0n) is 17.2. The average molecular weight is 400 g/mol. The Labute approximate surface area is 173 Å². The van der Waals surface area contributed by atoms with Crippen molar-refractivity contribution in [3.05, 3.63) is 47.5 Å². The zero-order chi connectivity index (χ0) is 20.3. The van der Waals surface area contributed by atoms with Gasteiger partial charge >= 0.3 is 11.8 Å². The highest BCUT2D eigenvalue weighted by atomic mass is 16.5. The van der Waals surface area contributed by atoms with E-state index in [1.54, 1.807) is 0 Å². The number of morpholine rings is 1. The summed E-state index contributed by atoms with van der Waals surface area (Å²) in [4.78, 5) is 26.2. The van der Waals surface area contributed by atoms with Crippen LogP contribution in [0.1, 0.15) is 50.2 Å². The number of amides is 2. The molecular formula is C23H33N3O3. The molecule has 2 amide bonds. The molecule has 1 saturated heterocycles. The van der Waals surface area contributed by atoms with Gasteiger partial charge in [0.1, 0.15) is 0 Å². The van der Waals surface area contributed by atoms with Crippen molar-refractivity contribution in [2.75, 3.05) is 39.3 Å². The Bertz CT molecular complexity index is 690. The van der Waals surface area contributed by atoms with Crippen LogP contribution >= 0.6 is 0 Å². The molecule has 1 unspecified atom stereocenters. The topological polar surface area (TPSA) is 70.7 Å². The highest BCUT2D eigenvalue weighted by molar-refractivity contribution is 6.35. The Morgan fingerprint density at radius 3 is 2.62 bits per heavy atom. The predicted molar refractivity (Wildman–Crippen MR) is 113 cm³/mol. The number of nitrogens with one attached hydrogen (secondary N) is 2. The van der Waals surface area contributed by atoms with E-state index >= 15 is 0 Å². The quantitative estimate of drug-likeness (QED) is 0.400. The third-order valence-electron chi connectivity index (χ3n) is 5.58. The van der Waals surface area contributed by atoms with Crippen molar-refractivity contribution in [1.82, 2.24) is 15.5 Å². The Balaban J connectivity index is 1.28. The minimum absolute atomic E-state index is 0.101. The van der Waals surface area contributed by atoms with Crippen molar-refractivity contribution >= 4 is 11.8 Å². The summed E-state index contributed by atoms with van der Waals surface area (Å²) in [5.41, 5.74) is 2.60. The van der Waals surface area contributed by atoms with Gasteiger partial charge in [-0.05, 0) is 44.1 Å². The highest BCUT2D eigenvalue weighted by Crippen LogP contribution is 2.22. The molecule has 0 aromatic heterocycles. The van der Waals surface area contributed by atoms with Crippen molar-refractivity contribution in [3.63, 3.8) is 0 Å². The smallest absolute Gasteiger partial charge is 0.309 e. The number of allylic oxidation sites excluding steroid dienone is 1. The number of hydrogen-bond donors (Lipinski definition) is 2. The van der Waals surface area contributed by atoms with Gasteiger partial charge in [0.2, 0.25) is 0 Å². The van der Waals surface area contributed by atoms with Crippen LogP contribution in [0.2, 0.25) is 0 Å². The fourth-order valence-corrected chi connectivity index (χ4v) is 3.91. The summed E-state index contributed by atoms with van der Waals surface area (Å²) in [6.07, 6.45) is 8.78. The van der Waals surface area contributed by atoms with Crippen LogP contribution in [0, 0.1) is 0 Å². The highest BCUT2D eigenvalue weighted by Gasteiger charge is 2.21. The lowest BCUT2D eigenvalue weighted by Gasteiger charge is -2.33. The van der Waals surface area contributed by atoms with E-state index in [1.165, 1.54) is 24.0 Å². The van der Waals surface area contributed by atoms with Crippen LogP contribution < -0.4 is 10.6 Å². The number of benzene rings is 1. The Morgan fingerprint density at radius 2 is 1.86 bits per heavy atom. The van der Waals surface area contributed by atoms with Gasteiger partial charge < -0.3 is 15.4 Å².